The van der Waals surface area contributed by atoms with Gasteiger partial charge in [0.25, 0.3) is 0 Å². The second-order valence-corrected chi connectivity index (χ2v) is 11.1. The van der Waals surface area contributed by atoms with E-state index in [2.05, 4.69) is 25.3 Å². The average molecular weight is 500 g/mol. The summed E-state index contributed by atoms with van der Waals surface area (Å²) >= 11 is 0. The second-order valence-electron chi connectivity index (χ2n) is 11.1. The van der Waals surface area contributed by atoms with Gasteiger partial charge in [-0.15, -0.1) is 0 Å². The van der Waals surface area contributed by atoms with Gasteiger partial charge < -0.3 is 31.3 Å². The normalized spacial score (nSPS) is 37.2. The molecule has 0 aliphatic carbocycles. The van der Waals surface area contributed by atoms with Gasteiger partial charge in [-0.3, -0.25) is 19.5 Å². The van der Waals surface area contributed by atoms with Gasteiger partial charge in [0.15, 0.2) is 12.3 Å². The van der Waals surface area contributed by atoms with E-state index in [1.54, 1.807) is 0 Å². The molecule has 4 rings (SSSR count). The zero-order valence-electron chi connectivity index (χ0n) is 21.9. The predicted octanol–water partition coefficient (Wildman–Crippen LogP) is -1.82. The van der Waals surface area contributed by atoms with Gasteiger partial charge in [-0.2, -0.15) is 0 Å². The van der Waals surface area contributed by atoms with Crippen LogP contribution in [0.5, 0.6) is 0 Å². The Morgan fingerprint density at radius 2 is 1.89 bits per heavy atom. The van der Waals surface area contributed by atoms with Gasteiger partial charge in [0.05, 0.1) is 45.1 Å². The van der Waals surface area contributed by atoms with Crippen molar-refractivity contribution in [3.8, 4) is 0 Å². The Bertz CT molecular complexity index is 705. The molecule has 4 saturated heterocycles. The highest BCUT2D eigenvalue weighted by Crippen LogP contribution is 2.30. The zero-order chi connectivity index (χ0) is 25.2. The van der Waals surface area contributed by atoms with E-state index in [0.717, 1.165) is 58.9 Å². The molecule has 35 heavy (non-hydrogen) atoms. The number of alkyl halides is 1. The van der Waals surface area contributed by atoms with E-state index < -0.39 is 18.3 Å². The molecule has 0 aromatic carbocycles. The summed E-state index contributed by atoms with van der Waals surface area (Å²) < 4.78 is 20.4. The number of piperazine rings is 1. The van der Waals surface area contributed by atoms with Crippen molar-refractivity contribution in [2.24, 2.45) is 17.4 Å². The van der Waals surface area contributed by atoms with Crippen molar-refractivity contribution in [2.45, 2.75) is 56.9 Å². The highest BCUT2D eigenvalue weighted by atomic mass is 19.1. The minimum absolute atomic E-state index is 0.0101. The lowest BCUT2D eigenvalue weighted by Gasteiger charge is -2.53. The van der Waals surface area contributed by atoms with Crippen LogP contribution in [0.3, 0.4) is 0 Å². The molecule has 4 aliphatic heterocycles. The van der Waals surface area contributed by atoms with E-state index in [1.165, 1.54) is 0 Å². The quantitative estimate of drug-likeness (QED) is 0.228. The van der Waals surface area contributed by atoms with E-state index in [9.17, 15) is 9.18 Å². The number of nitrogens with two attached hydrogens (primary N) is 2. The van der Waals surface area contributed by atoms with Gasteiger partial charge in [0.1, 0.15) is 12.5 Å². The standard InChI is InChI=1S/C24H47FN8O2/c1-4-30-13-17(25)14-33(3,5-2)24(30)21(22(26)27)23(34)29-19-12-28-7-6-20(19)32-10-8-31(9-11-32)18-15-35-16-18/h17-22,24,28H,4-16,26-27H2,1-3H3/p+1. The molecule has 4 aliphatic rings. The first-order chi connectivity index (χ1) is 16.8. The van der Waals surface area contributed by atoms with Crippen molar-refractivity contribution in [1.29, 1.82) is 0 Å². The highest BCUT2D eigenvalue weighted by molar-refractivity contribution is 5.80. The number of nitrogens with zero attached hydrogens (tertiary/aromatic N) is 4. The summed E-state index contributed by atoms with van der Waals surface area (Å²) in [7, 11) is 2.03. The zero-order valence-corrected chi connectivity index (χ0v) is 21.9. The molecule has 6 unspecified atom stereocenters. The summed E-state index contributed by atoms with van der Waals surface area (Å²) in [4.78, 5) is 21.0. The number of rotatable bonds is 8. The number of hydrogen-bond acceptors (Lipinski definition) is 8. The third-order valence-corrected chi connectivity index (χ3v) is 8.96. The maximum atomic E-state index is 14.6. The minimum atomic E-state index is -0.925. The number of carbonyl (C=O) groups excluding carboxylic acids is 1. The molecule has 4 fully saturated rings. The Hall–Kier alpha value is -0.920. The Morgan fingerprint density at radius 1 is 1.20 bits per heavy atom. The number of quaternary nitrogens is 1. The van der Waals surface area contributed by atoms with E-state index in [-0.39, 0.29) is 24.2 Å². The number of carbonyl (C=O) groups is 1. The maximum Gasteiger partial charge on any atom is 0.233 e. The summed E-state index contributed by atoms with van der Waals surface area (Å²) in [6, 6.07) is 0.842. The summed E-state index contributed by atoms with van der Waals surface area (Å²) in [6.45, 7) is 13.6. The number of amides is 1. The molecular formula is C24H48FN8O2+. The fourth-order valence-corrected chi connectivity index (χ4v) is 6.71. The Balaban J connectivity index is 1.46. The molecule has 10 nitrogen and oxygen atoms in total. The second kappa shape index (κ2) is 11.6. The van der Waals surface area contributed by atoms with Crippen LogP contribution in [0.25, 0.3) is 0 Å². The maximum absolute atomic E-state index is 14.6. The summed E-state index contributed by atoms with van der Waals surface area (Å²) in [5.74, 6) is -0.729. The molecule has 4 heterocycles. The van der Waals surface area contributed by atoms with Crippen LogP contribution < -0.4 is 22.1 Å². The van der Waals surface area contributed by atoms with E-state index in [0.29, 0.717) is 36.7 Å². The fraction of sp³-hybridized carbons (Fsp3) is 0.958. The lowest BCUT2D eigenvalue weighted by atomic mass is 9.92. The molecule has 6 N–H and O–H groups in total. The SMILES string of the molecule is CCN1CC(F)C[N+](C)(CC)C1C(C(=O)NC1CNCCC1N1CCN(C2COC2)CC1)C(N)N. The number of hydrogen-bond donors (Lipinski definition) is 4. The lowest BCUT2D eigenvalue weighted by molar-refractivity contribution is -0.954. The third-order valence-electron chi connectivity index (χ3n) is 8.96. The highest BCUT2D eigenvalue weighted by Gasteiger charge is 2.52. The van der Waals surface area contributed by atoms with Crippen LogP contribution in [0.4, 0.5) is 4.39 Å². The first kappa shape index (κ1) is 27.1. The van der Waals surface area contributed by atoms with Crippen LogP contribution in [-0.4, -0.2) is 147 Å². The van der Waals surface area contributed by atoms with E-state index in [1.807, 2.05) is 20.9 Å². The van der Waals surface area contributed by atoms with Crippen LogP contribution in [-0.2, 0) is 9.53 Å². The molecule has 11 heteroatoms. The van der Waals surface area contributed by atoms with E-state index in [4.69, 9.17) is 16.2 Å². The predicted molar refractivity (Wildman–Crippen MR) is 134 cm³/mol. The first-order valence-electron chi connectivity index (χ1n) is 13.6. The van der Waals surface area contributed by atoms with E-state index >= 15 is 0 Å². The van der Waals surface area contributed by atoms with Crippen molar-refractivity contribution in [2.75, 3.05) is 85.7 Å². The van der Waals surface area contributed by atoms with Gasteiger partial charge in [-0.1, -0.05) is 6.92 Å². The van der Waals surface area contributed by atoms with Crippen LogP contribution >= 0.6 is 0 Å². The fourth-order valence-electron chi connectivity index (χ4n) is 6.71. The molecule has 0 saturated carbocycles. The van der Waals surface area contributed by atoms with Gasteiger partial charge in [-0.25, -0.2) is 4.39 Å². The summed E-state index contributed by atoms with van der Waals surface area (Å²) in [5.41, 5.74) is 12.6. The molecular weight excluding hydrogens is 451 g/mol. The Labute approximate surface area is 210 Å². The van der Waals surface area contributed by atoms with Crippen LogP contribution in [0, 0.1) is 5.92 Å². The monoisotopic (exact) mass is 499 g/mol. The van der Waals surface area contributed by atoms with Crippen LogP contribution in [0.2, 0.25) is 0 Å². The van der Waals surface area contributed by atoms with Gasteiger partial charge in [0.2, 0.25) is 5.91 Å². The molecule has 0 bridgehead atoms. The molecule has 0 aromatic rings. The summed E-state index contributed by atoms with van der Waals surface area (Å²) in [6.07, 6.45) is -1.00. The van der Waals surface area contributed by atoms with Gasteiger partial charge >= 0.3 is 0 Å². The molecule has 202 valence electrons. The van der Waals surface area contributed by atoms with Crippen molar-refractivity contribution in [3.05, 3.63) is 0 Å². The first-order valence-corrected chi connectivity index (χ1v) is 13.6. The van der Waals surface area contributed by atoms with Crippen LogP contribution in [0.15, 0.2) is 0 Å². The Kier molecular flexibility index (Phi) is 9.02. The number of nitrogens with one attached hydrogen (secondary N) is 2. The van der Waals surface area contributed by atoms with Gasteiger partial charge in [0, 0.05) is 51.9 Å². The minimum Gasteiger partial charge on any atom is -0.378 e. The molecule has 0 spiro atoms. The van der Waals surface area contributed by atoms with Crippen molar-refractivity contribution < 1.29 is 18.4 Å². The molecule has 6 atom stereocenters. The largest absolute Gasteiger partial charge is 0.378 e. The summed E-state index contributed by atoms with van der Waals surface area (Å²) in [5, 5.41) is 6.81. The lowest BCUT2D eigenvalue weighted by Crippen LogP contribution is -2.74. The number of ether oxygens (including phenoxy) is 1. The molecule has 0 aromatic heterocycles. The Morgan fingerprint density at radius 3 is 2.46 bits per heavy atom. The molecule has 1 amide bonds. The topological polar surface area (TPSA) is 112 Å². The molecule has 0 radical (unpaired) electrons. The van der Waals surface area contributed by atoms with Crippen molar-refractivity contribution in [1.82, 2.24) is 25.3 Å². The van der Waals surface area contributed by atoms with Crippen molar-refractivity contribution in [3.63, 3.8) is 0 Å². The number of piperidine rings is 1. The van der Waals surface area contributed by atoms with Crippen LogP contribution in [0.1, 0.15) is 20.3 Å². The number of halogens is 1. The third kappa shape index (κ3) is 5.82. The smallest absolute Gasteiger partial charge is 0.233 e. The van der Waals surface area contributed by atoms with Gasteiger partial charge in [-0.05, 0) is 19.9 Å². The average Bonchev–Trinajstić information content (AvgIpc) is 2.80. The van der Waals surface area contributed by atoms with Crippen molar-refractivity contribution >= 4 is 5.91 Å².